The lowest BCUT2D eigenvalue weighted by Gasteiger charge is -2.56. The first-order valence-electron chi connectivity index (χ1n) is 10.4. The van der Waals surface area contributed by atoms with E-state index in [1.54, 1.807) is 0 Å². The molecule has 2 aliphatic rings. The van der Waals surface area contributed by atoms with Crippen molar-refractivity contribution in [2.75, 3.05) is 6.61 Å². The SMILES string of the molecule is C[SiH2]OC(O[SiH2]C)C(C)(C)C1CC(C)(CO)CC2C=CC(C)C(C(=O)O)C21. The van der Waals surface area contributed by atoms with E-state index >= 15 is 0 Å². The number of aliphatic carboxylic acids is 1. The zero-order chi connectivity index (χ0) is 20.4. The van der Waals surface area contributed by atoms with Gasteiger partial charge in [0.1, 0.15) is 6.29 Å². The summed E-state index contributed by atoms with van der Waals surface area (Å²) in [4.78, 5) is 12.2. The average molecular weight is 415 g/mol. The van der Waals surface area contributed by atoms with Crippen LogP contribution in [0.2, 0.25) is 13.1 Å². The van der Waals surface area contributed by atoms with Gasteiger partial charge in [-0.3, -0.25) is 4.79 Å². The van der Waals surface area contributed by atoms with Crippen LogP contribution in [0, 0.1) is 40.4 Å². The molecule has 2 N–H and O–H groups in total. The molecule has 27 heavy (non-hydrogen) atoms. The fourth-order valence-electron chi connectivity index (χ4n) is 5.49. The summed E-state index contributed by atoms with van der Waals surface area (Å²) in [5, 5.41) is 20.1. The maximum absolute atomic E-state index is 12.2. The van der Waals surface area contributed by atoms with Gasteiger partial charge in [0.05, 0.1) is 5.92 Å². The number of carbonyl (C=O) groups is 1. The first-order valence-corrected chi connectivity index (χ1v) is 14.3. The van der Waals surface area contributed by atoms with Crippen LogP contribution in [-0.4, -0.2) is 48.6 Å². The van der Waals surface area contributed by atoms with E-state index in [0.29, 0.717) is 0 Å². The number of carboxylic acids is 1. The molecule has 0 saturated heterocycles. The van der Waals surface area contributed by atoms with Crippen molar-refractivity contribution >= 4 is 25.5 Å². The van der Waals surface area contributed by atoms with Gasteiger partial charge in [-0.15, -0.1) is 0 Å². The van der Waals surface area contributed by atoms with E-state index in [1.165, 1.54) is 0 Å². The van der Waals surface area contributed by atoms with Crippen molar-refractivity contribution in [3.8, 4) is 0 Å². The minimum absolute atomic E-state index is 0.0157. The molecule has 0 aromatic heterocycles. The number of aliphatic hydroxyl groups excluding tert-OH is 1. The summed E-state index contributed by atoms with van der Waals surface area (Å²) < 4.78 is 12.3. The molecule has 156 valence electrons. The molecule has 6 atom stereocenters. The zero-order valence-electron chi connectivity index (χ0n) is 17.8. The third-order valence-corrected chi connectivity index (χ3v) is 8.18. The molecule has 0 spiro atoms. The average Bonchev–Trinajstić information content (AvgIpc) is 2.60. The Morgan fingerprint density at radius 2 is 1.85 bits per heavy atom. The molecular weight excluding hydrogens is 376 g/mol. The van der Waals surface area contributed by atoms with E-state index in [-0.39, 0.29) is 47.4 Å². The molecule has 0 aromatic rings. The molecule has 0 bridgehead atoms. The monoisotopic (exact) mass is 414 g/mol. The third-order valence-electron chi connectivity index (χ3n) is 6.91. The number of hydrogen-bond donors (Lipinski definition) is 2. The van der Waals surface area contributed by atoms with Gasteiger partial charge in [0.25, 0.3) is 0 Å². The lowest BCUT2D eigenvalue weighted by Crippen LogP contribution is -2.55. The summed E-state index contributed by atoms with van der Waals surface area (Å²) in [6, 6.07) is 0. The van der Waals surface area contributed by atoms with E-state index < -0.39 is 31.4 Å². The fourth-order valence-corrected chi connectivity index (χ4v) is 7.34. The molecule has 1 fully saturated rings. The first kappa shape index (κ1) is 22.8. The molecule has 7 heteroatoms. The Balaban J connectivity index is 2.50. The van der Waals surface area contributed by atoms with Crippen molar-refractivity contribution in [3.05, 3.63) is 12.2 Å². The van der Waals surface area contributed by atoms with Crippen LogP contribution < -0.4 is 0 Å². The number of carboxylic acid groups (broad SMARTS) is 1. The van der Waals surface area contributed by atoms with Crippen molar-refractivity contribution < 1.29 is 23.9 Å². The van der Waals surface area contributed by atoms with E-state index in [1.807, 2.05) is 6.92 Å². The molecule has 0 amide bonds. The van der Waals surface area contributed by atoms with E-state index in [2.05, 4.69) is 46.0 Å². The maximum atomic E-state index is 12.2. The minimum atomic E-state index is -0.705. The summed E-state index contributed by atoms with van der Waals surface area (Å²) >= 11 is 0. The summed E-state index contributed by atoms with van der Waals surface area (Å²) in [6.45, 7) is 12.8. The number of rotatable bonds is 8. The topological polar surface area (TPSA) is 76.0 Å². The van der Waals surface area contributed by atoms with E-state index in [4.69, 9.17) is 8.85 Å². The molecule has 5 nitrogen and oxygen atoms in total. The Labute approximate surface area is 168 Å². The number of hydrogen-bond acceptors (Lipinski definition) is 4. The highest BCUT2D eigenvalue weighted by Crippen LogP contribution is 2.58. The maximum Gasteiger partial charge on any atom is 0.307 e. The predicted octanol–water partition coefficient (Wildman–Crippen LogP) is 2.18. The van der Waals surface area contributed by atoms with Crippen LogP contribution in [-0.2, 0) is 13.6 Å². The number of fused-ring (bicyclic) bond motifs is 1. The Kier molecular flexibility index (Phi) is 7.52. The quantitative estimate of drug-likeness (QED) is 0.362. The Bertz CT molecular complexity index is 546. The molecule has 0 aromatic carbocycles. The highest BCUT2D eigenvalue weighted by molar-refractivity contribution is 6.26. The van der Waals surface area contributed by atoms with Crippen LogP contribution in [0.5, 0.6) is 0 Å². The van der Waals surface area contributed by atoms with E-state index in [9.17, 15) is 15.0 Å². The summed E-state index contributed by atoms with van der Waals surface area (Å²) in [7, 11) is -1.30. The predicted molar refractivity (Wildman–Crippen MR) is 113 cm³/mol. The molecule has 0 heterocycles. The normalized spacial score (nSPS) is 38.6. The lowest BCUT2D eigenvalue weighted by atomic mass is 9.50. The van der Waals surface area contributed by atoms with Crippen molar-refractivity contribution in [2.45, 2.75) is 59.9 Å². The highest BCUT2D eigenvalue weighted by atomic mass is 28.2. The standard InChI is InChI=1S/C20H38O5Si2/c1-12-7-8-13-9-20(4,11-21)10-14(16(13)15(12)17(22)23)19(2,3)18(24-26-5)25-27-6/h7-8,12-16,18,21H,9-11,26-27H2,1-6H3,(H,22,23). The molecule has 1 saturated carbocycles. The van der Waals surface area contributed by atoms with Crippen molar-refractivity contribution in [1.82, 2.24) is 0 Å². The molecular formula is C20H38O5Si2. The van der Waals surface area contributed by atoms with Crippen molar-refractivity contribution in [1.29, 1.82) is 0 Å². The second-order valence-electron chi connectivity index (χ2n) is 9.40. The Hall–Kier alpha value is -0.476. The van der Waals surface area contributed by atoms with Gasteiger partial charge < -0.3 is 19.1 Å². The largest absolute Gasteiger partial charge is 0.481 e. The van der Waals surface area contributed by atoms with Gasteiger partial charge in [0.15, 0.2) is 19.5 Å². The van der Waals surface area contributed by atoms with Crippen LogP contribution in [0.3, 0.4) is 0 Å². The van der Waals surface area contributed by atoms with Gasteiger partial charge in [0, 0.05) is 12.0 Å². The number of aliphatic hydroxyl groups is 1. The summed E-state index contributed by atoms with van der Waals surface area (Å²) in [5.74, 6) is -0.746. The smallest absolute Gasteiger partial charge is 0.307 e. The van der Waals surface area contributed by atoms with Crippen LogP contribution in [0.4, 0.5) is 0 Å². The molecule has 2 aliphatic carbocycles. The second kappa shape index (κ2) is 8.90. The van der Waals surface area contributed by atoms with Gasteiger partial charge in [0.2, 0.25) is 0 Å². The summed E-state index contributed by atoms with van der Waals surface area (Å²) in [6.07, 6.45) is 5.65. The minimum Gasteiger partial charge on any atom is -0.481 e. The Morgan fingerprint density at radius 1 is 1.26 bits per heavy atom. The second-order valence-corrected chi connectivity index (χ2v) is 11.2. The molecule has 0 radical (unpaired) electrons. The Morgan fingerprint density at radius 3 is 2.33 bits per heavy atom. The van der Waals surface area contributed by atoms with Crippen LogP contribution in [0.25, 0.3) is 0 Å². The van der Waals surface area contributed by atoms with Crippen molar-refractivity contribution in [3.63, 3.8) is 0 Å². The zero-order valence-corrected chi connectivity index (χ0v) is 20.6. The highest BCUT2D eigenvalue weighted by Gasteiger charge is 2.55. The number of allylic oxidation sites excluding steroid dienone is 2. The van der Waals surface area contributed by atoms with Crippen LogP contribution in [0.1, 0.15) is 40.5 Å². The van der Waals surface area contributed by atoms with Gasteiger partial charge in [-0.1, -0.05) is 52.9 Å². The lowest BCUT2D eigenvalue weighted by molar-refractivity contribution is -0.169. The fraction of sp³-hybridized carbons (Fsp3) is 0.850. The van der Waals surface area contributed by atoms with Gasteiger partial charge in [-0.05, 0) is 41.9 Å². The first-order chi connectivity index (χ1) is 12.6. The van der Waals surface area contributed by atoms with Crippen LogP contribution >= 0.6 is 0 Å². The van der Waals surface area contributed by atoms with Crippen LogP contribution in [0.15, 0.2) is 12.2 Å². The molecule has 6 unspecified atom stereocenters. The van der Waals surface area contributed by atoms with Gasteiger partial charge in [-0.2, -0.15) is 0 Å². The molecule has 2 rings (SSSR count). The third kappa shape index (κ3) is 4.58. The van der Waals surface area contributed by atoms with Gasteiger partial charge >= 0.3 is 5.97 Å². The van der Waals surface area contributed by atoms with Crippen molar-refractivity contribution in [2.24, 2.45) is 40.4 Å². The molecule has 0 aliphatic heterocycles. The van der Waals surface area contributed by atoms with Gasteiger partial charge in [-0.25, -0.2) is 0 Å². The summed E-state index contributed by atoms with van der Waals surface area (Å²) in [5.41, 5.74) is -0.501. The van der Waals surface area contributed by atoms with E-state index in [0.717, 1.165) is 12.8 Å².